The van der Waals surface area contributed by atoms with E-state index in [0.29, 0.717) is 18.3 Å². The van der Waals surface area contributed by atoms with E-state index in [9.17, 15) is 30.0 Å². The SMILES string of the molecule is C=C(C)[C@H]1CC=C(C)[C@@H](CC[C@@H]2C(=C)CC[C@H]3C(C)(C)[C@H](O[C@H]4O[C@@H](CNC(C)=O)[C@H](O)[C@@H](O)[C@@H]4O)CC[C@@]23C)[C@]1(C)CCC(=O)O. The van der Waals surface area contributed by atoms with Crippen molar-refractivity contribution in [1.29, 1.82) is 0 Å². The zero-order chi connectivity index (χ0) is 35.1. The van der Waals surface area contributed by atoms with Crippen molar-refractivity contribution in [3.8, 4) is 0 Å². The van der Waals surface area contributed by atoms with Gasteiger partial charge in [-0.05, 0) is 105 Å². The Balaban J connectivity index is 1.52. The summed E-state index contributed by atoms with van der Waals surface area (Å²) < 4.78 is 12.5. The number of nitrogens with one attached hydrogen (secondary N) is 1. The molecule has 4 aliphatic rings. The summed E-state index contributed by atoms with van der Waals surface area (Å²) in [6, 6.07) is 0. The van der Waals surface area contributed by atoms with Crippen LogP contribution >= 0.6 is 0 Å². The molecule has 9 heteroatoms. The van der Waals surface area contributed by atoms with Gasteiger partial charge in [0.25, 0.3) is 0 Å². The zero-order valence-corrected chi connectivity index (χ0v) is 29.8. The van der Waals surface area contributed by atoms with Crippen LogP contribution in [-0.2, 0) is 19.1 Å². The molecule has 0 radical (unpaired) electrons. The molecule has 0 aromatic carbocycles. The van der Waals surface area contributed by atoms with Crippen molar-refractivity contribution in [3.05, 3.63) is 36.0 Å². The predicted octanol–water partition coefficient (Wildman–Crippen LogP) is 5.53. The monoisotopic (exact) mass is 659 g/mol. The van der Waals surface area contributed by atoms with Crippen molar-refractivity contribution in [2.45, 2.75) is 143 Å². The van der Waals surface area contributed by atoms with Gasteiger partial charge in [0.15, 0.2) is 6.29 Å². The summed E-state index contributed by atoms with van der Waals surface area (Å²) >= 11 is 0. The van der Waals surface area contributed by atoms with E-state index in [4.69, 9.17) is 9.47 Å². The standard InChI is InChI=1S/C38H61NO8/c1-21(2)25-12-10-22(3)26(37(25,8)19-17-31(41)42)13-14-27-23(4)11-15-29-36(6,7)30(16-18-38(27,29)9)47-35-34(45)33(44)32(43)28(46-35)20-39-24(5)40/h10,25-30,32-35,43-45H,1,4,11-20H2,2-3,5-9H3,(H,39,40)(H,41,42)/t25-,26-,27-,28+,29+,30-,32+,33-,34+,35-,37-,38+/m1/s1. The molecular weight excluding hydrogens is 598 g/mol. The van der Waals surface area contributed by atoms with E-state index in [-0.39, 0.29) is 53.1 Å². The molecule has 3 fully saturated rings. The van der Waals surface area contributed by atoms with E-state index >= 15 is 0 Å². The number of carboxylic acid groups (broad SMARTS) is 1. The number of aliphatic hydroxyl groups is 3. The second-order valence-electron chi connectivity index (χ2n) is 16.4. The molecule has 0 bridgehead atoms. The minimum atomic E-state index is -1.46. The van der Waals surface area contributed by atoms with Gasteiger partial charge >= 0.3 is 5.97 Å². The van der Waals surface area contributed by atoms with E-state index in [1.54, 1.807) is 0 Å². The van der Waals surface area contributed by atoms with Gasteiger partial charge in [-0.3, -0.25) is 9.59 Å². The highest BCUT2D eigenvalue weighted by Crippen LogP contribution is 2.63. The minimum Gasteiger partial charge on any atom is -0.481 e. The first kappa shape index (κ1) is 37.8. The maximum absolute atomic E-state index is 11.7. The number of carbonyl (C=O) groups excluding carboxylic acids is 1. The van der Waals surface area contributed by atoms with Crippen molar-refractivity contribution in [2.24, 2.45) is 39.9 Å². The summed E-state index contributed by atoms with van der Waals surface area (Å²) in [5, 5.41) is 44.2. The van der Waals surface area contributed by atoms with Gasteiger partial charge in [-0.2, -0.15) is 0 Å². The number of amides is 1. The van der Waals surface area contributed by atoms with E-state index in [1.807, 2.05) is 0 Å². The van der Waals surface area contributed by atoms with E-state index in [1.165, 1.54) is 18.1 Å². The molecule has 4 rings (SSSR count). The van der Waals surface area contributed by atoms with Crippen molar-refractivity contribution in [3.63, 3.8) is 0 Å². The van der Waals surface area contributed by atoms with Crippen LogP contribution in [-0.4, -0.2) is 75.7 Å². The highest BCUT2D eigenvalue weighted by molar-refractivity contribution is 5.72. The largest absolute Gasteiger partial charge is 0.481 e. The minimum absolute atomic E-state index is 0.00316. The smallest absolute Gasteiger partial charge is 0.303 e. The average molecular weight is 660 g/mol. The molecule has 1 aliphatic heterocycles. The Hall–Kier alpha value is -2.04. The Morgan fingerprint density at radius 2 is 1.70 bits per heavy atom. The average Bonchev–Trinajstić information content (AvgIpc) is 2.97. The lowest BCUT2D eigenvalue weighted by Crippen LogP contribution is -2.62. The lowest BCUT2D eigenvalue weighted by molar-refractivity contribution is -0.323. The quantitative estimate of drug-likeness (QED) is 0.144. The second-order valence-corrected chi connectivity index (χ2v) is 16.4. The Labute approximate surface area is 281 Å². The van der Waals surface area contributed by atoms with Crippen molar-refractivity contribution in [1.82, 2.24) is 5.32 Å². The first-order valence-corrected chi connectivity index (χ1v) is 17.7. The second kappa shape index (κ2) is 14.4. The number of hydrogen-bond donors (Lipinski definition) is 5. The Morgan fingerprint density at radius 1 is 1.04 bits per heavy atom. The van der Waals surface area contributed by atoms with Crippen molar-refractivity contribution < 1.29 is 39.5 Å². The third kappa shape index (κ3) is 7.45. The van der Waals surface area contributed by atoms with Gasteiger partial charge in [-0.25, -0.2) is 0 Å². The van der Waals surface area contributed by atoms with Crippen LogP contribution in [0.15, 0.2) is 36.0 Å². The van der Waals surface area contributed by atoms with Gasteiger partial charge in [-0.1, -0.05) is 63.6 Å². The summed E-state index contributed by atoms with van der Waals surface area (Å²) in [5.74, 6) is 0.0813. The third-order valence-electron chi connectivity index (χ3n) is 13.1. The molecule has 5 N–H and O–H groups in total. The fourth-order valence-corrected chi connectivity index (χ4v) is 10.4. The Kier molecular flexibility index (Phi) is 11.6. The van der Waals surface area contributed by atoms with Gasteiger partial charge in [0.2, 0.25) is 5.91 Å². The summed E-state index contributed by atoms with van der Waals surface area (Å²) in [4.78, 5) is 23.2. The Morgan fingerprint density at radius 3 is 2.32 bits per heavy atom. The highest BCUT2D eigenvalue weighted by Gasteiger charge is 2.58. The molecule has 3 aliphatic carbocycles. The van der Waals surface area contributed by atoms with Crippen LogP contribution in [0.3, 0.4) is 0 Å². The topological polar surface area (TPSA) is 146 Å². The summed E-state index contributed by atoms with van der Waals surface area (Å²) in [5.41, 5.74) is 3.28. The van der Waals surface area contributed by atoms with Crippen LogP contribution < -0.4 is 5.32 Å². The molecule has 9 nitrogen and oxygen atoms in total. The first-order valence-electron chi connectivity index (χ1n) is 17.7. The number of rotatable bonds is 11. The first-order chi connectivity index (χ1) is 21.8. The molecular formula is C38H61NO8. The normalized spacial score (nSPS) is 41.8. The molecule has 1 amide bonds. The van der Waals surface area contributed by atoms with Gasteiger partial charge in [0.1, 0.15) is 24.4 Å². The van der Waals surface area contributed by atoms with Gasteiger partial charge in [-0.15, -0.1) is 0 Å². The maximum atomic E-state index is 11.7. The molecule has 12 atom stereocenters. The molecule has 0 aromatic heterocycles. The van der Waals surface area contributed by atoms with Gasteiger partial charge < -0.3 is 35.2 Å². The molecule has 0 aromatic rings. The van der Waals surface area contributed by atoms with Crippen molar-refractivity contribution in [2.75, 3.05) is 6.54 Å². The van der Waals surface area contributed by atoms with Gasteiger partial charge in [0, 0.05) is 19.9 Å². The number of carbonyl (C=O) groups is 2. The molecule has 1 heterocycles. The van der Waals surface area contributed by atoms with Crippen LogP contribution in [0.2, 0.25) is 0 Å². The van der Waals surface area contributed by atoms with Crippen LogP contribution in [0.5, 0.6) is 0 Å². The van der Waals surface area contributed by atoms with Gasteiger partial charge in [0.05, 0.1) is 6.10 Å². The number of carboxylic acids is 1. The number of ether oxygens (including phenoxy) is 2. The Bertz CT molecular complexity index is 1230. The zero-order valence-electron chi connectivity index (χ0n) is 29.8. The van der Waals surface area contributed by atoms with Crippen molar-refractivity contribution >= 4 is 11.9 Å². The molecule has 1 saturated heterocycles. The number of hydrogen-bond acceptors (Lipinski definition) is 7. The third-order valence-corrected chi connectivity index (χ3v) is 13.1. The maximum Gasteiger partial charge on any atom is 0.303 e. The summed E-state index contributed by atoms with van der Waals surface area (Å²) in [6.07, 6.45) is 2.97. The number of allylic oxidation sites excluding steroid dienone is 4. The number of aliphatic hydroxyl groups excluding tert-OH is 3. The molecule has 47 heavy (non-hydrogen) atoms. The van der Waals surface area contributed by atoms with E-state index in [0.717, 1.165) is 50.5 Å². The fourth-order valence-electron chi connectivity index (χ4n) is 10.4. The number of fused-ring (bicyclic) bond motifs is 1. The lowest BCUT2D eigenvalue weighted by atomic mass is 9.46. The highest BCUT2D eigenvalue weighted by atomic mass is 16.7. The van der Waals surface area contributed by atoms with E-state index < -0.39 is 36.7 Å². The van der Waals surface area contributed by atoms with Crippen LogP contribution in [0.4, 0.5) is 0 Å². The molecule has 2 saturated carbocycles. The summed E-state index contributed by atoms with van der Waals surface area (Å²) in [6.45, 7) is 23.7. The van der Waals surface area contributed by atoms with E-state index in [2.05, 4.69) is 66.1 Å². The number of aliphatic carboxylic acids is 1. The lowest BCUT2D eigenvalue weighted by Gasteiger charge is -2.61. The van der Waals surface area contributed by atoms with Crippen LogP contribution in [0.1, 0.15) is 106 Å². The predicted molar refractivity (Wildman–Crippen MR) is 181 cm³/mol. The van der Waals surface area contributed by atoms with Crippen LogP contribution in [0, 0.1) is 39.9 Å². The molecule has 0 unspecified atom stereocenters. The fraction of sp³-hybridized carbons (Fsp3) is 0.789. The summed E-state index contributed by atoms with van der Waals surface area (Å²) in [7, 11) is 0. The molecule has 0 spiro atoms. The van der Waals surface area contributed by atoms with Crippen LogP contribution in [0.25, 0.3) is 0 Å². The molecule has 266 valence electrons.